The third kappa shape index (κ3) is 32.4. The molecule has 0 fully saturated rings. The zero-order valence-corrected chi connectivity index (χ0v) is 9.26. The Kier molecular flexibility index (Phi) is 33.5. The van der Waals surface area contributed by atoms with Crippen LogP contribution in [0.1, 0.15) is 13.8 Å². The summed E-state index contributed by atoms with van der Waals surface area (Å²) >= 11 is 0. The predicted octanol–water partition coefficient (Wildman–Crippen LogP) is 1.40. The number of hydrogen-bond donors (Lipinski definition) is 2. The summed E-state index contributed by atoms with van der Waals surface area (Å²) in [7, 11) is 0. The van der Waals surface area contributed by atoms with E-state index >= 15 is 0 Å². The molecule has 1 rings (SSSR count). The van der Waals surface area contributed by atoms with E-state index in [4.69, 9.17) is 10.2 Å². The summed E-state index contributed by atoms with van der Waals surface area (Å²) < 4.78 is 0. The van der Waals surface area contributed by atoms with E-state index in [2.05, 4.69) is 0 Å². The van der Waals surface area contributed by atoms with Gasteiger partial charge < -0.3 is 10.2 Å². The van der Waals surface area contributed by atoms with Gasteiger partial charge in [0.05, 0.1) is 0 Å². The second-order valence-corrected chi connectivity index (χ2v) is 1.59. The van der Waals surface area contributed by atoms with Crippen molar-refractivity contribution in [2.24, 2.45) is 0 Å². The first-order valence-corrected chi connectivity index (χ1v) is 3.71. The average Bonchev–Trinajstić information content (AvgIpc) is 2.44. The monoisotopic (exact) mass is 205 g/mol. The normalized spacial score (nSPS) is 6.33. The molecule has 0 heterocycles. The number of aliphatic hydroxyl groups is 2. The Hall–Kier alpha value is -0.0157. The van der Waals surface area contributed by atoms with Gasteiger partial charge in [0, 0.05) is 34.9 Å². The molecule has 2 N–H and O–H groups in total. The van der Waals surface area contributed by atoms with Crippen LogP contribution < -0.4 is 0 Å². The van der Waals surface area contributed by atoms with Crippen LogP contribution in [0, 0.1) is 0 Å². The van der Waals surface area contributed by atoms with Crippen LogP contribution in [-0.2, 0) is 21.7 Å². The summed E-state index contributed by atoms with van der Waals surface area (Å²) in [6.45, 7) is 3.86. The van der Waals surface area contributed by atoms with Gasteiger partial charge in [-0.2, -0.15) is 18.2 Å². The molecule has 0 saturated heterocycles. The van der Waals surface area contributed by atoms with Crippen molar-refractivity contribution in [3.05, 3.63) is 30.3 Å². The standard InChI is InChI=1S/C5H5.2C2H6O.Ti/c1-2-4-5-3-1;2*1-2-3;/h1-5H;2*3H,2H2,1H3;/q-1;;;. The summed E-state index contributed by atoms with van der Waals surface area (Å²) in [5.41, 5.74) is 0. The van der Waals surface area contributed by atoms with Crippen LogP contribution in [0.5, 0.6) is 0 Å². The van der Waals surface area contributed by atoms with Crippen molar-refractivity contribution in [3.63, 3.8) is 0 Å². The number of hydrogen-bond acceptors (Lipinski definition) is 2. The molecule has 0 unspecified atom stereocenters. The first-order valence-electron chi connectivity index (χ1n) is 3.71. The van der Waals surface area contributed by atoms with Crippen molar-refractivity contribution in [3.8, 4) is 0 Å². The van der Waals surface area contributed by atoms with Gasteiger partial charge in [-0.15, -0.1) is 0 Å². The molecular formula is C9H17O2Ti-. The zero-order chi connectivity index (χ0) is 8.95. The fraction of sp³-hybridized carbons (Fsp3) is 0.444. The Morgan fingerprint density at radius 2 is 1.25 bits per heavy atom. The van der Waals surface area contributed by atoms with E-state index in [9.17, 15) is 0 Å². The SMILES string of the molecule is CCO.CCO.[Ti].c1cc[cH-]c1. The molecule has 0 atom stereocenters. The maximum absolute atomic E-state index is 7.57. The van der Waals surface area contributed by atoms with E-state index in [1.165, 1.54) is 0 Å². The average molecular weight is 205 g/mol. The largest absolute Gasteiger partial charge is 0.397 e. The second kappa shape index (κ2) is 22.4. The molecule has 0 radical (unpaired) electrons. The fourth-order valence-corrected chi connectivity index (χ4v) is 0.321. The van der Waals surface area contributed by atoms with Gasteiger partial charge in [0.2, 0.25) is 0 Å². The summed E-state index contributed by atoms with van der Waals surface area (Å²) in [6, 6.07) is 10.0. The summed E-state index contributed by atoms with van der Waals surface area (Å²) in [5, 5.41) is 15.1. The fourth-order valence-electron chi connectivity index (χ4n) is 0.321. The van der Waals surface area contributed by atoms with Crippen molar-refractivity contribution in [1.82, 2.24) is 0 Å². The molecule has 0 aliphatic rings. The van der Waals surface area contributed by atoms with Gasteiger partial charge in [0.1, 0.15) is 0 Å². The van der Waals surface area contributed by atoms with Gasteiger partial charge in [0.25, 0.3) is 0 Å². The third-order valence-corrected chi connectivity index (χ3v) is 0.556. The Labute approximate surface area is 89.5 Å². The Morgan fingerprint density at radius 1 is 1.00 bits per heavy atom. The number of aliphatic hydroxyl groups excluding tert-OH is 2. The molecule has 0 aliphatic carbocycles. The van der Waals surface area contributed by atoms with Crippen molar-refractivity contribution in [2.75, 3.05) is 13.2 Å². The van der Waals surface area contributed by atoms with Gasteiger partial charge in [-0.1, -0.05) is 0 Å². The van der Waals surface area contributed by atoms with Crippen molar-refractivity contribution >= 4 is 0 Å². The van der Waals surface area contributed by atoms with Crippen molar-refractivity contribution in [1.29, 1.82) is 0 Å². The summed E-state index contributed by atoms with van der Waals surface area (Å²) in [4.78, 5) is 0. The van der Waals surface area contributed by atoms with E-state index in [1.807, 2.05) is 30.3 Å². The second-order valence-electron chi connectivity index (χ2n) is 1.59. The molecule has 1 aromatic carbocycles. The van der Waals surface area contributed by atoms with Crippen molar-refractivity contribution < 1.29 is 31.9 Å². The van der Waals surface area contributed by atoms with E-state index in [1.54, 1.807) is 13.8 Å². The molecule has 2 nitrogen and oxygen atoms in total. The van der Waals surface area contributed by atoms with Crippen molar-refractivity contribution in [2.45, 2.75) is 13.8 Å². The Morgan fingerprint density at radius 3 is 1.33 bits per heavy atom. The molecule has 70 valence electrons. The van der Waals surface area contributed by atoms with Crippen LogP contribution in [-0.4, -0.2) is 23.4 Å². The van der Waals surface area contributed by atoms with E-state index < -0.39 is 0 Å². The van der Waals surface area contributed by atoms with Crippen LogP contribution >= 0.6 is 0 Å². The van der Waals surface area contributed by atoms with Crippen LogP contribution in [0.2, 0.25) is 0 Å². The third-order valence-electron chi connectivity index (χ3n) is 0.556. The summed E-state index contributed by atoms with van der Waals surface area (Å²) in [6.07, 6.45) is 0. The molecule has 3 heteroatoms. The van der Waals surface area contributed by atoms with Gasteiger partial charge in [-0.05, 0) is 13.8 Å². The van der Waals surface area contributed by atoms with Crippen LogP contribution in [0.4, 0.5) is 0 Å². The summed E-state index contributed by atoms with van der Waals surface area (Å²) in [5.74, 6) is 0. The van der Waals surface area contributed by atoms with Gasteiger partial charge in [-0.3, -0.25) is 0 Å². The quantitative estimate of drug-likeness (QED) is 0.496. The molecule has 0 saturated carbocycles. The molecule has 0 aromatic heterocycles. The Bertz CT molecular complexity index is 88.1. The smallest absolute Gasteiger partial charge is 0.0402 e. The van der Waals surface area contributed by atoms with Crippen LogP contribution in [0.25, 0.3) is 0 Å². The van der Waals surface area contributed by atoms with E-state index in [-0.39, 0.29) is 34.9 Å². The Balaban J connectivity index is -0.000000104. The topological polar surface area (TPSA) is 40.5 Å². The minimum Gasteiger partial charge on any atom is -0.397 e. The maximum atomic E-state index is 7.57. The van der Waals surface area contributed by atoms with E-state index in [0.29, 0.717) is 0 Å². The maximum Gasteiger partial charge on any atom is 0.0402 e. The first kappa shape index (κ1) is 17.9. The van der Waals surface area contributed by atoms with Gasteiger partial charge >= 0.3 is 0 Å². The molecule has 12 heavy (non-hydrogen) atoms. The molecule has 0 aliphatic heterocycles. The molecule has 0 bridgehead atoms. The molecule has 0 spiro atoms. The predicted molar refractivity (Wildman–Crippen MR) is 47.6 cm³/mol. The zero-order valence-electron chi connectivity index (χ0n) is 7.70. The van der Waals surface area contributed by atoms with Crippen LogP contribution in [0.3, 0.4) is 0 Å². The number of rotatable bonds is 0. The minimum atomic E-state index is 0. The van der Waals surface area contributed by atoms with E-state index in [0.717, 1.165) is 0 Å². The molecule has 0 amide bonds. The van der Waals surface area contributed by atoms with Gasteiger partial charge in [0.15, 0.2) is 0 Å². The molecular weight excluding hydrogens is 188 g/mol. The van der Waals surface area contributed by atoms with Crippen LogP contribution in [0.15, 0.2) is 30.3 Å². The minimum absolute atomic E-state index is 0. The molecule has 1 aromatic rings. The van der Waals surface area contributed by atoms with Gasteiger partial charge in [-0.25, -0.2) is 12.1 Å². The first-order chi connectivity index (χ1) is 5.33.